The van der Waals surface area contributed by atoms with Crippen LogP contribution in [-0.4, -0.2) is 100 Å². The number of nitrogens with zero attached hydrogens (tertiary/aromatic N) is 3. The Labute approximate surface area is 413 Å². The first-order chi connectivity index (χ1) is 32.9. The number of aliphatic hydroxyl groups is 1. The molecular weight excluding hydrogens is 918 g/mol. The molecule has 14 nitrogen and oxygen atoms in total. The van der Waals surface area contributed by atoms with Crippen LogP contribution in [0.15, 0.2) is 90.6 Å². The molecule has 0 bridgehead atoms. The van der Waals surface area contributed by atoms with Crippen molar-refractivity contribution in [3.05, 3.63) is 129 Å². The predicted molar refractivity (Wildman–Crippen MR) is 266 cm³/mol. The van der Waals surface area contributed by atoms with Crippen LogP contribution in [0, 0.1) is 19.3 Å². The number of Topliss-reactive ketones (excluding diaryl/α,β-unsaturated/α-hetero) is 2. The van der Waals surface area contributed by atoms with Crippen LogP contribution in [0.3, 0.4) is 0 Å². The molecule has 1 fully saturated rings. The number of nitrogens with one attached hydrogen (secondary N) is 2. The van der Waals surface area contributed by atoms with Gasteiger partial charge in [0.1, 0.15) is 35.1 Å². The molecule has 3 heterocycles. The van der Waals surface area contributed by atoms with Gasteiger partial charge in [-0.1, -0.05) is 80.9 Å². The average molecular weight is 981 g/mol. The van der Waals surface area contributed by atoms with Crippen molar-refractivity contribution in [3.8, 4) is 21.9 Å². The average Bonchev–Trinajstić information content (AvgIpc) is 3.94. The second-order valence-electron chi connectivity index (χ2n) is 18.5. The second-order valence-corrected chi connectivity index (χ2v) is 19.7. The number of aryl methyl sites for hydroxylation is 2. The van der Waals surface area contributed by atoms with Gasteiger partial charge in [-0.3, -0.25) is 29.0 Å². The summed E-state index contributed by atoms with van der Waals surface area (Å²) in [5, 5.41) is 17.2. The predicted octanol–water partition coefficient (Wildman–Crippen LogP) is 8.38. The molecule has 3 N–H and O–H groups in total. The van der Waals surface area contributed by atoms with E-state index >= 15 is 0 Å². The molecule has 1 saturated heterocycles. The number of benzene rings is 3. The van der Waals surface area contributed by atoms with Crippen molar-refractivity contribution in [3.63, 3.8) is 0 Å². The largest absolute Gasteiger partial charge is 0.457 e. The number of carbonyl (C=O) groups is 5. The zero-order chi connectivity index (χ0) is 49.7. The maximum atomic E-state index is 14.0. The number of β-amino-alcohol motifs (C(OH)–C–C–N with tert-alkyl or cyclic N) is 1. The number of aliphatic hydroxyl groups excluding tert-OH is 1. The van der Waals surface area contributed by atoms with E-state index in [2.05, 4.69) is 20.6 Å². The van der Waals surface area contributed by atoms with Crippen molar-refractivity contribution < 1.29 is 43.3 Å². The fourth-order valence-corrected chi connectivity index (χ4v) is 8.90. The maximum absolute atomic E-state index is 14.0. The number of rotatable bonds is 23. The molecule has 0 saturated carbocycles. The van der Waals surface area contributed by atoms with Crippen molar-refractivity contribution in [1.82, 2.24) is 25.5 Å². The molecule has 1 aliphatic rings. The van der Waals surface area contributed by atoms with Gasteiger partial charge >= 0.3 is 0 Å². The fraction of sp³-hybridized carbons (Fsp3) is 0.415. The minimum atomic E-state index is -0.958. The van der Waals surface area contributed by atoms with Crippen LogP contribution in [0.4, 0.5) is 0 Å². The van der Waals surface area contributed by atoms with E-state index in [1.54, 1.807) is 35.6 Å². The van der Waals surface area contributed by atoms with E-state index in [-0.39, 0.29) is 80.7 Å². The molecule has 0 spiro atoms. The Morgan fingerprint density at radius 3 is 2.22 bits per heavy atom. The van der Waals surface area contributed by atoms with Crippen molar-refractivity contribution in [2.45, 2.75) is 104 Å². The zero-order valence-corrected chi connectivity index (χ0v) is 41.7. The van der Waals surface area contributed by atoms with Gasteiger partial charge in [-0.05, 0) is 84.7 Å². The van der Waals surface area contributed by atoms with E-state index in [4.69, 9.17) is 25.8 Å². The fourth-order valence-electron chi connectivity index (χ4n) is 7.97. The highest BCUT2D eigenvalue weighted by atomic mass is 35.5. The number of aromatic nitrogens is 2. The van der Waals surface area contributed by atoms with Crippen LogP contribution in [0.2, 0.25) is 5.02 Å². The summed E-state index contributed by atoms with van der Waals surface area (Å²) in [5.41, 5.74) is 7.01. The lowest BCUT2D eigenvalue weighted by Crippen LogP contribution is -2.58. The summed E-state index contributed by atoms with van der Waals surface area (Å²) in [6.07, 6.45) is 2.01. The summed E-state index contributed by atoms with van der Waals surface area (Å²) in [5.74, 6) is -0.247. The van der Waals surface area contributed by atoms with E-state index in [9.17, 15) is 29.1 Å². The van der Waals surface area contributed by atoms with Gasteiger partial charge in [0.05, 0.1) is 48.0 Å². The Balaban J connectivity index is 0.863. The summed E-state index contributed by atoms with van der Waals surface area (Å²) in [6.45, 7) is 12.1. The number of carbonyl (C=O) groups excluding carboxylic acids is 5. The molecule has 5 aromatic rings. The molecule has 0 aliphatic carbocycles. The minimum absolute atomic E-state index is 0.00647. The molecule has 0 radical (unpaired) electrons. The van der Waals surface area contributed by atoms with Crippen LogP contribution < -0.4 is 15.4 Å². The smallest absolute Gasteiger partial charge is 0.246 e. The highest BCUT2D eigenvalue weighted by Gasteiger charge is 2.44. The summed E-state index contributed by atoms with van der Waals surface area (Å²) >= 11 is 7.68. The molecule has 16 heteroatoms. The highest BCUT2D eigenvalue weighted by molar-refractivity contribution is 7.13. The lowest BCUT2D eigenvalue weighted by atomic mass is 9.85. The van der Waals surface area contributed by atoms with E-state index in [1.807, 2.05) is 102 Å². The standard InChI is InChI=1S/C53H62ClN5O9S/c1-33-26-37(11-18-44(33)54)28-40(60)27-36-9-16-42(17-10-36)68-43-19-21-55-45(30-43)47(62)8-7-22-66-24-25-67-23-20-48(63)58-50(53(4,5)6)52(65)59-31-41(61)29-46(59)51(64)57-34(2)38-12-14-39(15-13-38)49-35(3)56-32-69-49/h9-19,21,26,30,32,34,41,46,50,61H,7-8,20,22-25,27-29,31H2,1-6H3,(H,57,64)(H,58,63)/t34-,41-,46+,50+/m0/s1. The lowest BCUT2D eigenvalue weighted by Gasteiger charge is -2.35. The first-order valence-corrected chi connectivity index (χ1v) is 24.5. The summed E-state index contributed by atoms with van der Waals surface area (Å²) < 4.78 is 17.3. The molecule has 1 aliphatic heterocycles. The van der Waals surface area contributed by atoms with Crippen LogP contribution in [0.25, 0.3) is 10.4 Å². The van der Waals surface area contributed by atoms with Crippen molar-refractivity contribution >= 4 is 52.2 Å². The highest BCUT2D eigenvalue weighted by Crippen LogP contribution is 2.30. The Morgan fingerprint density at radius 1 is 0.841 bits per heavy atom. The Hall–Kier alpha value is -5.84. The SMILES string of the molecule is Cc1cc(CC(=O)Cc2ccc(Oc3ccnc(C(=O)CCCOCCOCCC(=O)N[C@H](C(=O)N4C[C@@H](O)C[C@@H]4C(=O)N[C@@H](C)c4ccc(-c5scnc5C)cc4)C(C)(C)C)c3)cc2)ccc1Cl. The molecule has 6 rings (SSSR count). The van der Waals surface area contributed by atoms with Gasteiger partial charge in [-0.15, -0.1) is 11.3 Å². The third-order valence-corrected chi connectivity index (χ3v) is 13.2. The normalized spacial score (nSPS) is 15.6. The molecular formula is C53H62ClN5O9S. The number of amides is 3. The molecule has 0 unspecified atom stereocenters. The monoisotopic (exact) mass is 979 g/mol. The number of halogens is 1. The Kier molecular flexibility index (Phi) is 18.8. The van der Waals surface area contributed by atoms with Crippen molar-refractivity contribution in [2.24, 2.45) is 5.41 Å². The molecule has 69 heavy (non-hydrogen) atoms. The number of hydrogen-bond donors (Lipinski definition) is 3. The number of likely N-dealkylation sites (tertiary alicyclic amines) is 1. The van der Waals surface area contributed by atoms with E-state index in [0.717, 1.165) is 38.4 Å². The number of thiazole rings is 1. The van der Waals surface area contributed by atoms with E-state index in [1.165, 1.54) is 11.1 Å². The van der Waals surface area contributed by atoms with Gasteiger partial charge in [0, 0.05) is 62.5 Å². The molecule has 3 aromatic carbocycles. The maximum Gasteiger partial charge on any atom is 0.246 e. The number of ether oxygens (including phenoxy) is 3. The lowest BCUT2D eigenvalue weighted by molar-refractivity contribution is -0.144. The molecule has 3 amide bonds. The van der Waals surface area contributed by atoms with E-state index in [0.29, 0.717) is 42.4 Å². The zero-order valence-electron chi connectivity index (χ0n) is 40.1. The minimum Gasteiger partial charge on any atom is -0.457 e. The van der Waals surface area contributed by atoms with E-state index < -0.39 is 29.5 Å². The van der Waals surface area contributed by atoms with Crippen LogP contribution in [0.1, 0.15) is 97.9 Å². The summed E-state index contributed by atoms with van der Waals surface area (Å²) in [4.78, 5) is 77.4. The molecule has 4 atom stereocenters. The van der Waals surface area contributed by atoms with Crippen LogP contribution in [0.5, 0.6) is 11.5 Å². The van der Waals surface area contributed by atoms with Gasteiger partial charge < -0.3 is 34.9 Å². The van der Waals surface area contributed by atoms with Crippen molar-refractivity contribution in [1.29, 1.82) is 0 Å². The van der Waals surface area contributed by atoms with Gasteiger partial charge in [0.25, 0.3) is 0 Å². The Bertz CT molecular complexity index is 2560. The van der Waals surface area contributed by atoms with Gasteiger partial charge in [0.2, 0.25) is 17.7 Å². The van der Waals surface area contributed by atoms with Gasteiger partial charge in [0.15, 0.2) is 5.78 Å². The molecule has 2 aromatic heterocycles. The van der Waals surface area contributed by atoms with Crippen LogP contribution >= 0.6 is 22.9 Å². The Morgan fingerprint density at radius 2 is 1.54 bits per heavy atom. The third kappa shape index (κ3) is 15.3. The quantitative estimate of drug-likeness (QED) is 0.0422. The van der Waals surface area contributed by atoms with Gasteiger partial charge in [-0.2, -0.15) is 0 Å². The molecule has 366 valence electrons. The van der Waals surface area contributed by atoms with Gasteiger partial charge in [-0.25, -0.2) is 4.98 Å². The second kappa shape index (κ2) is 24.6. The summed E-state index contributed by atoms with van der Waals surface area (Å²) in [7, 11) is 0. The number of hydrogen-bond acceptors (Lipinski definition) is 12. The first kappa shape index (κ1) is 52.5. The summed E-state index contributed by atoms with van der Waals surface area (Å²) in [6, 6.07) is 21.8. The van der Waals surface area contributed by atoms with Crippen LogP contribution in [-0.2, 0) is 41.5 Å². The topological polar surface area (TPSA) is 186 Å². The third-order valence-electron chi connectivity index (χ3n) is 11.8. The number of pyridine rings is 1. The first-order valence-electron chi connectivity index (χ1n) is 23.2. The number of ketones is 2. The van der Waals surface area contributed by atoms with Crippen molar-refractivity contribution in [2.75, 3.05) is 33.0 Å².